The summed E-state index contributed by atoms with van der Waals surface area (Å²) in [5, 5.41) is 8.79. The molecule has 1 aliphatic heterocycles. The van der Waals surface area contributed by atoms with Crippen LogP contribution in [0.15, 0.2) is 23.1 Å². The van der Waals surface area contributed by atoms with Gasteiger partial charge in [0, 0.05) is 19.7 Å². The predicted octanol–water partition coefficient (Wildman–Crippen LogP) is 1.48. The highest BCUT2D eigenvalue weighted by atomic mass is 35.5. The van der Waals surface area contributed by atoms with Crippen molar-refractivity contribution in [2.24, 2.45) is 5.92 Å². The first kappa shape index (κ1) is 13.7. The average Bonchev–Trinajstić information content (AvgIpc) is 2.81. The van der Waals surface area contributed by atoms with Gasteiger partial charge >= 0.3 is 0 Å². The van der Waals surface area contributed by atoms with Crippen molar-refractivity contribution < 1.29 is 17.9 Å². The second-order valence-corrected chi connectivity index (χ2v) is 6.62. The average molecular weight is 294 g/mol. The summed E-state index contributed by atoms with van der Waals surface area (Å²) in [6.45, 7) is 0.618. The molecule has 0 aliphatic carbocycles. The number of sulfonamides is 1. The minimum absolute atomic E-state index is 0.0208. The van der Waals surface area contributed by atoms with Crippen molar-refractivity contribution in [3.63, 3.8) is 0 Å². The summed E-state index contributed by atoms with van der Waals surface area (Å²) in [5.41, 5.74) is 0. The van der Waals surface area contributed by atoms with Gasteiger partial charge in [0.1, 0.15) is 5.82 Å². The minimum Gasteiger partial charge on any atom is -0.396 e. The monoisotopic (exact) mass is 293 g/mol. The molecule has 1 saturated heterocycles. The van der Waals surface area contributed by atoms with E-state index in [2.05, 4.69) is 0 Å². The van der Waals surface area contributed by atoms with Crippen LogP contribution < -0.4 is 0 Å². The van der Waals surface area contributed by atoms with Gasteiger partial charge in [0.25, 0.3) is 0 Å². The van der Waals surface area contributed by atoms with Gasteiger partial charge < -0.3 is 5.11 Å². The van der Waals surface area contributed by atoms with Crippen molar-refractivity contribution in [3.8, 4) is 0 Å². The first-order chi connectivity index (χ1) is 8.45. The lowest BCUT2D eigenvalue weighted by molar-refractivity contribution is 0.233. The fourth-order valence-electron chi connectivity index (χ4n) is 1.95. The minimum atomic E-state index is -3.65. The van der Waals surface area contributed by atoms with Gasteiger partial charge in [0.05, 0.1) is 9.92 Å². The molecule has 1 aliphatic rings. The van der Waals surface area contributed by atoms with Crippen LogP contribution in [0.4, 0.5) is 4.39 Å². The molecule has 0 saturated carbocycles. The van der Waals surface area contributed by atoms with Crippen molar-refractivity contribution in [1.82, 2.24) is 4.31 Å². The molecule has 18 heavy (non-hydrogen) atoms. The molecule has 0 spiro atoms. The van der Waals surface area contributed by atoms with Crippen LogP contribution in [0.3, 0.4) is 0 Å². The largest absolute Gasteiger partial charge is 0.396 e. The summed E-state index contributed by atoms with van der Waals surface area (Å²) >= 11 is 5.58. The van der Waals surface area contributed by atoms with E-state index >= 15 is 0 Å². The number of aliphatic hydroxyl groups excluding tert-OH is 1. The first-order valence-corrected chi connectivity index (χ1v) is 7.33. The van der Waals surface area contributed by atoms with E-state index in [4.69, 9.17) is 16.7 Å². The van der Waals surface area contributed by atoms with Gasteiger partial charge in [0.2, 0.25) is 10.0 Å². The van der Waals surface area contributed by atoms with Crippen molar-refractivity contribution in [2.75, 3.05) is 19.7 Å². The highest BCUT2D eigenvalue weighted by Gasteiger charge is 2.32. The van der Waals surface area contributed by atoms with Gasteiger partial charge in [-0.15, -0.1) is 0 Å². The highest BCUT2D eigenvalue weighted by molar-refractivity contribution is 7.89. The third kappa shape index (κ3) is 2.51. The topological polar surface area (TPSA) is 57.6 Å². The van der Waals surface area contributed by atoms with E-state index in [-0.39, 0.29) is 29.0 Å². The molecule has 1 aromatic carbocycles. The van der Waals surface area contributed by atoms with Crippen molar-refractivity contribution >= 4 is 21.6 Å². The zero-order valence-corrected chi connectivity index (χ0v) is 11.1. The number of benzene rings is 1. The maximum Gasteiger partial charge on any atom is 0.243 e. The van der Waals surface area contributed by atoms with E-state index < -0.39 is 15.8 Å². The lowest BCUT2D eigenvalue weighted by Gasteiger charge is -2.16. The van der Waals surface area contributed by atoms with Gasteiger partial charge in [-0.2, -0.15) is 4.31 Å². The van der Waals surface area contributed by atoms with Crippen LogP contribution in [0.5, 0.6) is 0 Å². The predicted molar refractivity (Wildman–Crippen MR) is 65.4 cm³/mol. The lowest BCUT2D eigenvalue weighted by atomic mass is 10.1. The van der Waals surface area contributed by atoms with E-state index in [0.717, 1.165) is 12.1 Å². The van der Waals surface area contributed by atoms with E-state index in [9.17, 15) is 12.8 Å². The lowest BCUT2D eigenvalue weighted by Crippen LogP contribution is -2.29. The molecule has 4 nitrogen and oxygen atoms in total. The van der Waals surface area contributed by atoms with Crippen LogP contribution in [0, 0.1) is 11.7 Å². The molecular formula is C11H13ClFNO3S. The van der Waals surface area contributed by atoms with Crippen LogP contribution in [0.1, 0.15) is 6.42 Å². The van der Waals surface area contributed by atoms with E-state index in [0.29, 0.717) is 13.0 Å². The van der Waals surface area contributed by atoms with E-state index in [1.54, 1.807) is 0 Å². The molecule has 1 aromatic rings. The fourth-order valence-corrected chi connectivity index (χ4v) is 3.75. The number of nitrogens with zero attached hydrogens (tertiary/aromatic N) is 1. The Bertz CT molecular complexity index is 549. The second-order valence-electron chi connectivity index (χ2n) is 4.28. The Morgan fingerprint density at radius 3 is 2.78 bits per heavy atom. The fraction of sp³-hybridized carbons (Fsp3) is 0.455. The summed E-state index contributed by atoms with van der Waals surface area (Å²) in [4.78, 5) is -0.0208. The molecular weight excluding hydrogens is 281 g/mol. The number of halogens is 2. The second kappa shape index (κ2) is 5.13. The Labute approximate surface area is 110 Å². The third-order valence-corrected chi connectivity index (χ3v) is 5.19. The van der Waals surface area contributed by atoms with Crippen LogP contribution in [0.25, 0.3) is 0 Å². The molecule has 1 heterocycles. The molecule has 1 fully saturated rings. The van der Waals surface area contributed by atoms with Crippen LogP contribution in [0.2, 0.25) is 5.02 Å². The van der Waals surface area contributed by atoms with E-state index in [1.165, 1.54) is 10.4 Å². The molecule has 1 atom stereocenters. The van der Waals surface area contributed by atoms with Crippen LogP contribution in [-0.2, 0) is 10.0 Å². The van der Waals surface area contributed by atoms with Crippen molar-refractivity contribution in [3.05, 3.63) is 29.0 Å². The SMILES string of the molecule is O=S(=O)(c1ccc(F)c(Cl)c1)N1CCC(CO)C1. The van der Waals surface area contributed by atoms with Gasteiger partial charge in [-0.1, -0.05) is 11.6 Å². The Balaban J connectivity index is 2.28. The molecule has 1 unspecified atom stereocenters. The molecule has 7 heteroatoms. The molecule has 100 valence electrons. The maximum atomic E-state index is 13.0. The number of rotatable bonds is 3. The molecule has 0 radical (unpaired) electrons. The summed E-state index contributed by atoms with van der Waals surface area (Å²) in [5.74, 6) is -0.680. The van der Waals surface area contributed by atoms with Crippen molar-refractivity contribution in [2.45, 2.75) is 11.3 Å². The summed E-state index contributed by atoms with van der Waals surface area (Å²) in [7, 11) is -3.65. The quantitative estimate of drug-likeness (QED) is 0.918. The Kier molecular flexibility index (Phi) is 3.91. The third-order valence-electron chi connectivity index (χ3n) is 3.04. The van der Waals surface area contributed by atoms with E-state index in [1.807, 2.05) is 0 Å². The van der Waals surface area contributed by atoms with Gasteiger partial charge in [-0.25, -0.2) is 12.8 Å². The van der Waals surface area contributed by atoms with Crippen LogP contribution >= 0.6 is 11.6 Å². The Morgan fingerprint density at radius 1 is 1.50 bits per heavy atom. The zero-order valence-electron chi connectivity index (χ0n) is 9.51. The zero-order chi connectivity index (χ0) is 13.3. The summed E-state index contributed by atoms with van der Waals surface area (Å²) in [6, 6.07) is 3.34. The molecule has 0 amide bonds. The van der Waals surface area contributed by atoms with Gasteiger partial charge in [-0.3, -0.25) is 0 Å². The number of aliphatic hydroxyl groups is 1. The standard InChI is InChI=1S/C11H13ClFNO3S/c12-10-5-9(1-2-11(10)13)18(16,17)14-4-3-8(6-14)7-15/h1-2,5,8,15H,3-4,6-7H2. The molecule has 0 aromatic heterocycles. The maximum absolute atomic E-state index is 13.0. The number of hydrogen-bond donors (Lipinski definition) is 1. The van der Waals surface area contributed by atoms with Gasteiger partial charge in [0.15, 0.2) is 0 Å². The molecule has 0 bridgehead atoms. The smallest absolute Gasteiger partial charge is 0.243 e. The normalized spacial score (nSPS) is 21.4. The Morgan fingerprint density at radius 2 is 2.22 bits per heavy atom. The van der Waals surface area contributed by atoms with Crippen molar-refractivity contribution in [1.29, 1.82) is 0 Å². The summed E-state index contributed by atoms with van der Waals surface area (Å²) in [6.07, 6.45) is 0.630. The molecule has 2 rings (SSSR count). The van der Waals surface area contributed by atoms with Crippen LogP contribution in [-0.4, -0.2) is 37.5 Å². The summed E-state index contributed by atoms with van der Waals surface area (Å²) < 4.78 is 38.7. The highest BCUT2D eigenvalue weighted by Crippen LogP contribution is 2.26. The Hall–Kier alpha value is -0.690. The molecule has 1 N–H and O–H groups in total. The number of hydrogen-bond acceptors (Lipinski definition) is 3. The van der Waals surface area contributed by atoms with Gasteiger partial charge in [-0.05, 0) is 30.5 Å². The first-order valence-electron chi connectivity index (χ1n) is 5.51.